The fourth-order valence-corrected chi connectivity index (χ4v) is 9.90. The second-order valence-electron chi connectivity index (χ2n) is 29.6. The average molecular weight is 1060 g/mol. The van der Waals surface area contributed by atoms with Gasteiger partial charge in [0.1, 0.15) is 0 Å². The molecule has 0 saturated carbocycles. The normalized spacial score (nSPS) is 17.9. The molecule has 3 aliphatic rings. The lowest BCUT2D eigenvalue weighted by molar-refractivity contribution is -0.0349. The number of aliphatic hydroxyl groups excluding tert-OH is 4. The van der Waals surface area contributed by atoms with Crippen molar-refractivity contribution in [3.63, 3.8) is 0 Å². The zero-order chi connectivity index (χ0) is 59.5. The summed E-state index contributed by atoms with van der Waals surface area (Å²) in [5.74, 6) is 0.900. The summed E-state index contributed by atoms with van der Waals surface area (Å²) in [6, 6.07) is 0. The standard InChI is InChI=1S/C10H22N2.C10H23N.C9H20N2O.C9H21NO.C9H20.C8H17NO.C6H15NO2/c1-5-11-6-8-12(9-7-11)10(2,3)4;1-8-11(9(2,3)4)10(5,6)7;1-9(2,3)11-6-4-10(8-12)5-7-11;1-8(2,3)10(7-11)9(4,5)6;1-6-8(7-2)9(3,4)5;1-8(2,3)9-4-6-10-7-5-9;1-6(2,3)7(4-8)5-9/h5-9H2,1-4H3;8H2,1-7H3;12H,4-8H2,1-3H3;11H,7H2,1-6H3;8H,6-7H2,1-5H3;4-7H2,1-3H3;8-9H,4-5H2,1-3H3. The van der Waals surface area contributed by atoms with Gasteiger partial charge >= 0.3 is 0 Å². The van der Waals surface area contributed by atoms with Crippen molar-refractivity contribution in [2.45, 2.75) is 272 Å². The van der Waals surface area contributed by atoms with Crippen LogP contribution in [0.5, 0.6) is 0 Å². The number of hydrogen-bond donors (Lipinski definition) is 4. The minimum atomic E-state index is -0.149. The van der Waals surface area contributed by atoms with Crippen LogP contribution in [0, 0.1) is 11.3 Å². The molecular formula is C61H138N8O5. The quantitative estimate of drug-likeness (QED) is 0.173. The third kappa shape index (κ3) is 37.4. The van der Waals surface area contributed by atoms with E-state index in [-0.39, 0.29) is 60.2 Å². The summed E-state index contributed by atoms with van der Waals surface area (Å²) in [4.78, 5) is 18.2. The molecule has 452 valence electrons. The zero-order valence-corrected chi connectivity index (χ0v) is 56.0. The molecule has 0 spiro atoms. The first-order chi connectivity index (χ1) is 33.1. The number of ether oxygens (including phenoxy) is 1. The second-order valence-corrected chi connectivity index (χ2v) is 29.6. The summed E-state index contributed by atoms with van der Waals surface area (Å²) in [6.45, 7) is 83.9. The van der Waals surface area contributed by atoms with Gasteiger partial charge in [0, 0.05) is 110 Å². The van der Waals surface area contributed by atoms with Crippen LogP contribution >= 0.6 is 0 Å². The van der Waals surface area contributed by atoms with E-state index in [1.807, 2.05) is 20.8 Å². The lowest BCUT2D eigenvalue weighted by Crippen LogP contribution is -2.53. The molecule has 0 unspecified atom stereocenters. The van der Waals surface area contributed by atoms with Gasteiger partial charge in [0.2, 0.25) is 0 Å². The third-order valence-corrected chi connectivity index (χ3v) is 14.4. The molecule has 3 heterocycles. The molecule has 0 aromatic carbocycles. The number of rotatable bonds is 8. The van der Waals surface area contributed by atoms with Crippen LogP contribution in [0.25, 0.3) is 0 Å². The molecular weight excluding hydrogens is 925 g/mol. The number of morpholine rings is 1. The van der Waals surface area contributed by atoms with Crippen LogP contribution in [0.4, 0.5) is 0 Å². The van der Waals surface area contributed by atoms with Gasteiger partial charge in [-0.1, -0.05) is 61.3 Å². The molecule has 3 rings (SSSR count). The minimum Gasteiger partial charge on any atom is -0.381 e. The molecule has 0 radical (unpaired) electrons. The maximum absolute atomic E-state index is 9.12. The number of nitrogens with zero attached hydrogens (tertiary/aromatic N) is 8. The number of likely N-dealkylation sites (N-methyl/N-ethyl adjacent to an activating group) is 1. The van der Waals surface area contributed by atoms with Crippen molar-refractivity contribution >= 4 is 0 Å². The van der Waals surface area contributed by atoms with E-state index in [2.05, 4.69) is 228 Å². The first kappa shape index (κ1) is 80.0. The van der Waals surface area contributed by atoms with Gasteiger partial charge in [-0.2, -0.15) is 0 Å². The Balaban J connectivity index is -0.000000387. The van der Waals surface area contributed by atoms with Gasteiger partial charge in [-0.05, 0) is 191 Å². The molecule has 13 nitrogen and oxygen atoms in total. The van der Waals surface area contributed by atoms with Crippen molar-refractivity contribution in [3.8, 4) is 0 Å². The van der Waals surface area contributed by atoms with Gasteiger partial charge in [0.25, 0.3) is 0 Å². The lowest BCUT2D eigenvalue weighted by Gasteiger charge is -2.44. The van der Waals surface area contributed by atoms with Crippen LogP contribution in [0.15, 0.2) is 0 Å². The molecule has 0 aromatic rings. The number of hydrogen-bond acceptors (Lipinski definition) is 13. The van der Waals surface area contributed by atoms with E-state index >= 15 is 0 Å². The van der Waals surface area contributed by atoms with Crippen LogP contribution < -0.4 is 0 Å². The molecule has 4 N–H and O–H groups in total. The monoisotopic (exact) mass is 1060 g/mol. The fraction of sp³-hybridized carbons (Fsp3) is 1.00. The van der Waals surface area contributed by atoms with Crippen LogP contribution in [-0.4, -0.2) is 223 Å². The highest BCUT2D eigenvalue weighted by Crippen LogP contribution is 2.31. The van der Waals surface area contributed by atoms with Crippen molar-refractivity contribution in [1.82, 2.24) is 39.2 Å². The van der Waals surface area contributed by atoms with Crippen LogP contribution in [0.2, 0.25) is 0 Å². The summed E-state index contributed by atoms with van der Waals surface area (Å²) in [6.07, 6.45) is 2.64. The Bertz CT molecular complexity index is 1190. The summed E-state index contributed by atoms with van der Waals surface area (Å²) >= 11 is 0. The number of piperazine rings is 2. The predicted octanol–water partition coefficient (Wildman–Crippen LogP) is 11.1. The molecule has 3 saturated heterocycles. The lowest BCUT2D eigenvalue weighted by atomic mass is 9.78. The Morgan fingerprint density at radius 2 is 0.676 bits per heavy atom. The average Bonchev–Trinajstić information content (AvgIpc) is 3.23. The molecule has 0 amide bonds. The third-order valence-electron chi connectivity index (χ3n) is 14.4. The molecule has 0 bridgehead atoms. The van der Waals surface area contributed by atoms with E-state index in [0.717, 1.165) is 64.9 Å². The molecule has 74 heavy (non-hydrogen) atoms. The summed E-state index contributed by atoms with van der Waals surface area (Å²) in [7, 11) is 0. The molecule has 0 aromatic heterocycles. The Hall–Kier alpha value is -0.520. The number of aliphatic hydroxyl groups is 4. The zero-order valence-electron chi connectivity index (χ0n) is 56.0. The van der Waals surface area contributed by atoms with Crippen molar-refractivity contribution in [2.75, 3.05) is 119 Å². The van der Waals surface area contributed by atoms with E-state index in [1.54, 1.807) is 4.90 Å². The van der Waals surface area contributed by atoms with E-state index in [0.29, 0.717) is 16.5 Å². The maximum atomic E-state index is 9.12. The molecule has 0 aliphatic carbocycles. The van der Waals surface area contributed by atoms with Crippen molar-refractivity contribution < 1.29 is 25.2 Å². The maximum Gasteiger partial charge on any atom is 0.0978 e. The Morgan fingerprint density at radius 3 is 0.797 bits per heavy atom. The van der Waals surface area contributed by atoms with Crippen molar-refractivity contribution in [3.05, 3.63) is 0 Å². The van der Waals surface area contributed by atoms with Gasteiger partial charge in [0.15, 0.2) is 0 Å². The predicted molar refractivity (Wildman–Crippen MR) is 325 cm³/mol. The molecule has 13 heteroatoms. The first-order valence-corrected chi connectivity index (χ1v) is 29.1. The SMILES string of the molecule is CC(C)(C)N(CO)C(C)(C)C.CC(C)(C)N(CO)CO.CC(C)(C)N1CCN(CO)CC1.CC(C)(C)N1CCOCC1.CCC(CC)C(C)(C)C.CCN(C(C)(C)C)C(C)(C)C.CCN1CCN(C(C)(C)C)CC1. The highest BCUT2D eigenvalue weighted by Gasteiger charge is 2.32. The summed E-state index contributed by atoms with van der Waals surface area (Å²) < 4.78 is 5.25. The Labute approximate surface area is 464 Å². The fourth-order valence-electron chi connectivity index (χ4n) is 9.90. The van der Waals surface area contributed by atoms with Gasteiger partial charge in [0.05, 0.1) is 40.1 Å². The van der Waals surface area contributed by atoms with Gasteiger partial charge in [-0.15, -0.1) is 0 Å². The second kappa shape index (κ2) is 36.0. The van der Waals surface area contributed by atoms with Gasteiger partial charge in [-0.3, -0.25) is 34.3 Å². The van der Waals surface area contributed by atoms with E-state index in [9.17, 15) is 0 Å². The van der Waals surface area contributed by atoms with Crippen LogP contribution in [0.3, 0.4) is 0 Å². The van der Waals surface area contributed by atoms with Crippen molar-refractivity contribution in [1.29, 1.82) is 0 Å². The highest BCUT2D eigenvalue weighted by atomic mass is 16.5. The smallest absolute Gasteiger partial charge is 0.0978 e. The van der Waals surface area contributed by atoms with Crippen molar-refractivity contribution in [2.24, 2.45) is 11.3 Å². The molecule has 3 aliphatic heterocycles. The largest absolute Gasteiger partial charge is 0.381 e. The van der Waals surface area contributed by atoms with Gasteiger partial charge in [-0.25, -0.2) is 0 Å². The first-order valence-electron chi connectivity index (χ1n) is 29.1. The minimum absolute atomic E-state index is 0.0347. The Kier molecular flexibility index (Phi) is 38.9. The topological polar surface area (TPSA) is 116 Å². The van der Waals surface area contributed by atoms with Gasteiger partial charge < -0.3 is 30.1 Å². The van der Waals surface area contributed by atoms with E-state index in [1.165, 1.54) is 45.6 Å². The van der Waals surface area contributed by atoms with Crippen LogP contribution in [0.1, 0.15) is 227 Å². The highest BCUT2D eigenvalue weighted by molar-refractivity contribution is 4.87. The van der Waals surface area contributed by atoms with E-state index < -0.39 is 0 Å². The summed E-state index contributed by atoms with van der Waals surface area (Å²) in [5.41, 5.74) is 1.97. The Morgan fingerprint density at radius 1 is 0.378 bits per heavy atom. The molecule has 3 fully saturated rings. The van der Waals surface area contributed by atoms with Crippen LogP contribution in [-0.2, 0) is 4.74 Å². The molecule has 0 atom stereocenters. The van der Waals surface area contributed by atoms with E-state index in [4.69, 9.17) is 25.2 Å². The summed E-state index contributed by atoms with van der Waals surface area (Å²) in [5, 5.41) is 35.3.